The van der Waals surface area contributed by atoms with Gasteiger partial charge in [-0.05, 0) is 35.9 Å². The fourth-order valence-electron chi connectivity index (χ4n) is 1.75. The molecule has 0 spiro atoms. The lowest BCUT2D eigenvalue weighted by Crippen LogP contribution is -2.11. The first kappa shape index (κ1) is 14.7. The SMILES string of the molecule is NC(=O)c1cccc(CS(=O)c2cc(Br)ccc2N)c1. The lowest BCUT2D eigenvalue weighted by atomic mass is 10.1. The molecule has 1 unspecified atom stereocenters. The second-order valence-corrected chi connectivity index (χ2v) is 6.57. The summed E-state index contributed by atoms with van der Waals surface area (Å²) >= 11 is 3.33. The van der Waals surface area contributed by atoms with Gasteiger partial charge in [-0.1, -0.05) is 28.1 Å². The van der Waals surface area contributed by atoms with E-state index in [1.165, 1.54) is 0 Å². The Labute approximate surface area is 127 Å². The molecule has 0 aliphatic heterocycles. The van der Waals surface area contributed by atoms with Crippen LogP contribution in [0.5, 0.6) is 0 Å². The molecule has 104 valence electrons. The smallest absolute Gasteiger partial charge is 0.248 e. The molecule has 0 fully saturated rings. The molecule has 6 heteroatoms. The Bertz CT molecular complexity index is 689. The van der Waals surface area contributed by atoms with Crippen LogP contribution in [0.4, 0.5) is 5.69 Å². The Morgan fingerprint density at radius 3 is 2.65 bits per heavy atom. The molecule has 20 heavy (non-hydrogen) atoms. The van der Waals surface area contributed by atoms with Gasteiger partial charge in [-0.2, -0.15) is 0 Å². The molecule has 0 aliphatic carbocycles. The minimum Gasteiger partial charge on any atom is -0.398 e. The quantitative estimate of drug-likeness (QED) is 0.828. The maximum atomic E-state index is 12.4. The monoisotopic (exact) mass is 352 g/mol. The first-order valence-electron chi connectivity index (χ1n) is 5.79. The van der Waals surface area contributed by atoms with Crippen molar-refractivity contribution >= 4 is 38.3 Å². The molecule has 1 amide bonds. The Morgan fingerprint density at radius 2 is 1.95 bits per heavy atom. The topological polar surface area (TPSA) is 86.2 Å². The van der Waals surface area contributed by atoms with Crippen LogP contribution in [-0.2, 0) is 16.6 Å². The number of anilines is 1. The van der Waals surface area contributed by atoms with Crippen molar-refractivity contribution in [3.63, 3.8) is 0 Å². The van der Waals surface area contributed by atoms with E-state index in [9.17, 15) is 9.00 Å². The predicted molar refractivity (Wildman–Crippen MR) is 83.6 cm³/mol. The van der Waals surface area contributed by atoms with Crippen molar-refractivity contribution in [2.45, 2.75) is 10.6 Å². The minimum atomic E-state index is -1.28. The summed E-state index contributed by atoms with van der Waals surface area (Å²) in [5, 5.41) is 0. The van der Waals surface area contributed by atoms with E-state index in [-0.39, 0.29) is 5.75 Å². The Morgan fingerprint density at radius 1 is 1.20 bits per heavy atom. The predicted octanol–water partition coefficient (Wildman–Crippen LogP) is 2.44. The molecule has 0 heterocycles. The zero-order chi connectivity index (χ0) is 14.7. The van der Waals surface area contributed by atoms with Gasteiger partial charge in [-0.15, -0.1) is 0 Å². The molecule has 0 bridgehead atoms. The molecule has 0 saturated heterocycles. The van der Waals surface area contributed by atoms with Crippen molar-refractivity contribution in [3.8, 4) is 0 Å². The van der Waals surface area contributed by atoms with E-state index >= 15 is 0 Å². The van der Waals surface area contributed by atoms with E-state index in [1.807, 2.05) is 0 Å². The maximum Gasteiger partial charge on any atom is 0.248 e. The average molecular weight is 353 g/mol. The molecule has 4 nitrogen and oxygen atoms in total. The number of rotatable bonds is 4. The number of hydrogen-bond acceptors (Lipinski definition) is 3. The number of halogens is 1. The molecule has 2 aromatic carbocycles. The third kappa shape index (κ3) is 3.46. The number of primary amides is 1. The van der Waals surface area contributed by atoms with E-state index in [0.29, 0.717) is 16.1 Å². The van der Waals surface area contributed by atoms with Gasteiger partial charge in [0.05, 0.1) is 21.4 Å². The number of carbonyl (C=O) groups excluding carboxylic acids is 1. The summed E-state index contributed by atoms with van der Waals surface area (Å²) in [5.41, 5.74) is 12.7. The maximum absolute atomic E-state index is 12.4. The van der Waals surface area contributed by atoms with Crippen molar-refractivity contribution in [2.75, 3.05) is 5.73 Å². The van der Waals surface area contributed by atoms with Crippen LogP contribution in [-0.4, -0.2) is 10.1 Å². The lowest BCUT2D eigenvalue weighted by Gasteiger charge is -2.07. The third-order valence-corrected chi connectivity index (χ3v) is 4.66. The zero-order valence-electron chi connectivity index (χ0n) is 10.5. The summed E-state index contributed by atoms with van der Waals surface area (Å²) in [6.07, 6.45) is 0. The van der Waals surface area contributed by atoms with Crippen LogP contribution in [0, 0.1) is 0 Å². The van der Waals surface area contributed by atoms with Crippen LogP contribution >= 0.6 is 15.9 Å². The van der Waals surface area contributed by atoms with Gasteiger partial charge in [0, 0.05) is 15.7 Å². The summed E-state index contributed by atoms with van der Waals surface area (Å²) in [7, 11) is -1.28. The average Bonchev–Trinajstić information content (AvgIpc) is 2.41. The highest BCUT2D eigenvalue weighted by molar-refractivity contribution is 9.10. The van der Waals surface area contributed by atoms with Gasteiger partial charge in [-0.3, -0.25) is 9.00 Å². The Balaban J connectivity index is 2.25. The number of nitrogens with two attached hydrogens (primary N) is 2. The normalized spacial score (nSPS) is 12.1. The van der Waals surface area contributed by atoms with Crippen LogP contribution in [0.15, 0.2) is 51.8 Å². The van der Waals surface area contributed by atoms with Gasteiger partial charge in [0.15, 0.2) is 0 Å². The number of nitrogen functional groups attached to an aromatic ring is 1. The highest BCUT2D eigenvalue weighted by Crippen LogP contribution is 2.23. The fourth-order valence-corrected chi connectivity index (χ4v) is 3.49. The second kappa shape index (κ2) is 6.19. The summed E-state index contributed by atoms with van der Waals surface area (Å²) in [5.74, 6) is -0.221. The van der Waals surface area contributed by atoms with Crippen molar-refractivity contribution in [3.05, 3.63) is 58.1 Å². The van der Waals surface area contributed by atoms with Gasteiger partial charge in [0.1, 0.15) is 0 Å². The van der Waals surface area contributed by atoms with Crippen molar-refractivity contribution in [2.24, 2.45) is 5.73 Å². The molecular weight excluding hydrogens is 340 g/mol. The summed E-state index contributed by atoms with van der Waals surface area (Å²) < 4.78 is 13.2. The first-order chi connectivity index (χ1) is 9.47. The van der Waals surface area contributed by atoms with Crippen molar-refractivity contribution < 1.29 is 9.00 Å². The van der Waals surface area contributed by atoms with E-state index in [1.54, 1.807) is 42.5 Å². The van der Waals surface area contributed by atoms with Gasteiger partial charge in [0.2, 0.25) is 5.91 Å². The van der Waals surface area contributed by atoms with Crippen LogP contribution in [0.1, 0.15) is 15.9 Å². The number of benzene rings is 2. The minimum absolute atomic E-state index is 0.280. The molecule has 0 saturated carbocycles. The van der Waals surface area contributed by atoms with Crippen molar-refractivity contribution in [1.29, 1.82) is 0 Å². The highest BCUT2D eigenvalue weighted by atomic mass is 79.9. The molecule has 1 atom stereocenters. The molecular formula is C14H13BrN2O2S. The largest absolute Gasteiger partial charge is 0.398 e. The van der Waals surface area contributed by atoms with E-state index in [0.717, 1.165) is 10.0 Å². The summed E-state index contributed by atoms with van der Waals surface area (Å²) in [4.78, 5) is 11.7. The fraction of sp³-hybridized carbons (Fsp3) is 0.0714. The number of amides is 1. The first-order valence-corrected chi connectivity index (χ1v) is 7.90. The Hall–Kier alpha value is -1.66. The van der Waals surface area contributed by atoms with Crippen LogP contribution in [0.3, 0.4) is 0 Å². The van der Waals surface area contributed by atoms with Crippen LogP contribution in [0.25, 0.3) is 0 Å². The Kier molecular flexibility index (Phi) is 4.57. The van der Waals surface area contributed by atoms with Gasteiger partial charge >= 0.3 is 0 Å². The van der Waals surface area contributed by atoms with Crippen molar-refractivity contribution in [1.82, 2.24) is 0 Å². The summed E-state index contributed by atoms with van der Waals surface area (Å²) in [6.45, 7) is 0. The zero-order valence-corrected chi connectivity index (χ0v) is 12.9. The summed E-state index contributed by atoms with van der Waals surface area (Å²) in [6, 6.07) is 12.0. The third-order valence-electron chi connectivity index (χ3n) is 2.73. The molecule has 0 aromatic heterocycles. The van der Waals surface area contributed by atoms with E-state index in [2.05, 4.69) is 15.9 Å². The molecule has 2 aromatic rings. The van der Waals surface area contributed by atoms with E-state index < -0.39 is 16.7 Å². The van der Waals surface area contributed by atoms with Crippen LogP contribution < -0.4 is 11.5 Å². The molecule has 0 radical (unpaired) electrons. The second-order valence-electron chi connectivity index (χ2n) is 4.24. The van der Waals surface area contributed by atoms with Gasteiger partial charge in [-0.25, -0.2) is 0 Å². The van der Waals surface area contributed by atoms with Gasteiger partial charge < -0.3 is 11.5 Å². The number of hydrogen-bond donors (Lipinski definition) is 2. The molecule has 0 aliphatic rings. The van der Waals surface area contributed by atoms with Gasteiger partial charge in [0.25, 0.3) is 0 Å². The molecule has 4 N–H and O–H groups in total. The highest BCUT2D eigenvalue weighted by Gasteiger charge is 2.10. The van der Waals surface area contributed by atoms with E-state index in [4.69, 9.17) is 11.5 Å². The molecule has 2 rings (SSSR count). The standard InChI is InChI=1S/C14H13BrN2O2S/c15-11-4-5-12(16)13(7-11)20(19)8-9-2-1-3-10(6-9)14(17)18/h1-7H,8,16H2,(H2,17,18). The van der Waals surface area contributed by atoms with Crippen LogP contribution in [0.2, 0.25) is 0 Å². The number of carbonyl (C=O) groups is 1. The lowest BCUT2D eigenvalue weighted by molar-refractivity contribution is 0.1000.